The van der Waals surface area contributed by atoms with Crippen molar-refractivity contribution >= 4 is 0 Å². The molecule has 0 saturated carbocycles. The second-order valence-corrected chi connectivity index (χ2v) is 7.83. The summed E-state index contributed by atoms with van der Waals surface area (Å²) in [7, 11) is 0. The molecule has 20 heavy (non-hydrogen) atoms. The van der Waals surface area contributed by atoms with Gasteiger partial charge in [-0.15, -0.1) is 0 Å². The predicted octanol–water partition coefficient (Wildman–Crippen LogP) is 4.51. The molecule has 1 aromatic rings. The van der Waals surface area contributed by atoms with Crippen LogP contribution in [0, 0.1) is 5.41 Å². The van der Waals surface area contributed by atoms with Crippen molar-refractivity contribution in [3.8, 4) is 5.75 Å². The summed E-state index contributed by atoms with van der Waals surface area (Å²) < 4.78 is 5.82. The highest BCUT2D eigenvalue weighted by Crippen LogP contribution is 2.36. The zero-order chi connectivity index (χ0) is 15.6. The molecule has 2 unspecified atom stereocenters. The molecule has 0 bridgehead atoms. The molecule has 0 heterocycles. The van der Waals surface area contributed by atoms with Gasteiger partial charge in [0.2, 0.25) is 0 Å². The first-order chi connectivity index (χ1) is 9.01. The van der Waals surface area contributed by atoms with Crippen molar-refractivity contribution in [1.82, 2.24) is 0 Å². The Kier molecular flexibility index (Phi) is 5.26. The van der Waals surface area contributed by atoms with Crippen LogP contribution in [0.1, 0.15) is 60.5 Å². The topological polar surface area (TPSA) is 35.2 Å². The van der Waals surface area contributed by atoms with Gasteiger partial charge in [0.05, 0.1) is 0 Å². The molecule has 0 aliphatic rings. The van der Waals surface area contributed by atoms with Crippen molar-refractivity contribution in [1.29, 1.82) is 0 Å². The summed E-state index contributed by atoms with van der Waals surface area (Å²) in [6, 6.07) is 8.49. The highest BCUT2D eigenvalue weighted by atomic mass is 16.5. The van der Waals surface area contributed by atoms with E-state index in [-0.39, 0.29) is 17.6 Å². The van der Waals surface area contributed by atoms with Crippen molar-refractivity contribution in [2.75, 3.05) is 0 Å². The van der Waals surface area contributed by atoms with Crippen molar-refractivity contribution in [2.45, 2.75) is 72.4 Å². The van der Waals surface area contributed by atoms with Crippen molar-refractivity contribution in [3.63, 3.8) is 0 Å². The molecule has 0 amide bonds. The van der Waals surface area contributed by atoms with E-state index in [1.165, 1.54) is 5.56 Å². The maximum absolute atomic E-state index is 5.83. The van der Waals surface area contributed by atoms with Crippen LogP contribution in [0.5, 0.6) is 5.75 Å². The Morgan fingerprint density at radius 3 is 1.90 bits per heavy atom. The highest BCUT2D eigenvalue weighted by Gasteiger charge is 2.27. The third-order valence-corrected chi connectivity index (χ3v) is 3.67. The smallest absolute Gasteiger partial charge is 0.119 e. The minimum Gasteiger partial charge on any atom is -0.489 e. The fourth-order valence-electron chi connectivity index (χ4n) is 2.73. The highest BCUT2D eigenvalue weighted by molar-refractivity contribution is 5.32. The van der Waals surface area contributed by atoms with Gasteiger partial charge in [-0.25, -0.2) is 0 Å². The molecule has 0 spiro atoms. The fraction of sp³-hybridized carbons (Fsp3) is 0.667. The van der Waals surface area contributed by atoms with Gasteiger partial charge in [-0.1, -0.05) is 46.8 Å². The molecule has 0 aliphatic heterocycles. The molecule has 0 radical (unpaired) electrons. The predicted molar refractivity (Wildman–Crippen MR) is 87.3 cm³/mol. The lowest BCUT2D eigenvalue weighted by Gasteiger charge is -2.33. The minimum absolute atomic E-state index is 0.0310. The Hall–Kier alpha value is -1.02. The maximum atomic E-state index is 5.83. The molecule has 0 saturated heterocycles. The molecule has 1 aromatic carbocycles. The number of nitrogens with two attached hydrogens (primary N) is 1. The number of benzene rings is 1. The van der Waals surface area contributed by atoms with Gasteiger partial charge in [-0.05, 0) is 48.8 Å². The fourth-order valence-corrected chi connectivity index (χ4v) is 2.73. The van der Waals surface area contributed by atoms with Gasteiger partial charge in [0.1, 0.15) is 11.9 Å². The Labute approximate surface area is 124 Å². The SMILES string of the molecule is CC(N)C(C)Oc1ccc(C(C)(C)CC(C)(C)C)cc1. The normalized spacial score (nSPS) is 15.8. The molecule has 1 rings (SSSR count). The Bertz CT molecular complexity index is 412. The monoisotopic (exact) mass is 277 g/mol. The van der Waals surface area contributed by atoms with Gasteiger partial charge in [-0.3, -0.25) is 0 Å². The van der Waals surface area contributed by atoms with Crippen LogP contribution in [0.15, 0.2) is 24.3 Å². The summed E-state index contributed by atoms with van der Waals surface area (Å²) in [5, 5.41) is 0. The number of hydrogen-bond acceptors (Lipinski definition) is 2. The van der Waals surface area contributed by atoms with E-state index in [4.69, 9.17) is 10.5 Å². The molecule has 0 aromatic heterocycles. The van der Waals surface area contributed by atoms with Crippen LogP contribution in [0.25, 0.3) is 0 Å². The van der Waals surface area contributed by atoms with Crippen LogP contribution >= 0.6 is 0 Å². The summed E-state index contributed by atoms with van der Waals surface area (Å²) >= 11 is 0. The summed E-state index contributed by atoms with van der Waals surface area (Å²) in [5.74, 6) is 0.894. The third kappa shape index (κ3) is 5.16. The van der Waals surface area contributed by atoms with Crippen LogP contribution in [0.2, 0.25) is 0 Å². The molecule has 2 atom stereocenters. The van der Waals surface area contributed by atoms with Crippen LogP contribution in [0.4, 0.5) is 0 Å². The largest absolute Gasteiger partial charge is 0.489 e. The maximum Gasteiger partial charge on any atom is 0.119 e. The van der Waals surface area contributed by atoms with E-state index in [1.807, 2.05) is 13.8 Å². The number of hydrogen-bond donors (Lipinski definition) is 1. The van der Waals surface area contributed by atoms with Crippen LogP contribution in [-0.2, 0) is 5.41 Å². The van der Waals surface area contributed by atoms with Crippen molar-refractivity contribution in [3.05, 3.63) is 29.8 Å². The van der Waals surface area contributed by atoms with Crippen molar-refractivity contribution in [2.24, 2.45) is 11.1 Å². The molecule has 2 N–H and O–H groups in total. The average molecular weight is 277 g/mol. The van der Waals surface area contributed by atoms with Crippen LogP contribution in [0.3, 0.4) is 0 Å². The van der Waals surface area contributed by atoms with Crippen molar-refractivity contribution < 1.29 is 4.74 Å². The molecule has 2 nitrogen and oxygen atoms in total. The lowest BCUT2D eigenvalue weighted by molar-refractivity contribution is 0.196. The lowest BCUT2D eigenvalue weighted by Crippen LogP contribution is -2.33. The first-order valence-electron chi connectivity index (χ1n) is 7.54. The van der Waals surface area contributed by atoms with E-state index < -0.39 is 0 Å². The van der Waals surface area contributed by atoms with E-state index in [1.54, 1.807) is 0 Å². The van der Waals surface area contributed by atoms with Crippen LogP contribution in [-0.4, -0.2) is 12.1 Å². The van der Waals surface area contributed by atoms with Gasteiger partial charge in [-0.2, -0.15) is 0 Å². The van der Waals surface area contributed by atoms with E-state index in [9.17, 15) is 0 Å². The molecular weight excluding hydrogens is 246 g/mol. The van der Waals surface area contributed by atoms with Gasteiger partial charge in [0.25, 0.3) is 0 Å². The van der Waals surface area contributed by atoms with Gasteiger partial charge < -0.3 is 10.5 Å². The standard InChI is InChI=1S/C18H31NO/c1-13(19)14(2)20-16-10-8-15(9-11-16)18(6,7)12-17(3,4)5/h8-11,13-14H,12,19H2,1-7H3. The second kappa shape index (κ2) is 6.17. The summed E-state index contributed by atoms with van der Waals surface area (Å²) in [6.45, 7) is 15.4. The van der Waals surface area contributed by atoms with Gasteiger partial charge >= 0.3 is 0 Å². The molecule has 0 aliphatic carbocycles. The molecule has 0 fully saturated rings. The zero-order valence-electron chi connectivity index (χ0n) is 14.2. The molecule has 114 valence electrons. The lowest BCUT2D eigenvalue weighted by atomic mass is 9.72. The van der Waals surface area contributed by atoms with E-state index >= 15 is 0 Å². The van der Waals surface area contributed by atoms with Gasteiger partial charge in [0.15, 0.2) is 0 Å². The first-order valence-corrected chi connectivity index (χ1v) is 7.54. The quantitative estimate of drug-likeness (QED) is 0.859. The third-order valence-electron chi connectivity index (χ3n) is 3.67. The molecule has 2 heteroatoms. The van der Waals surface area contributed by atoms with E-state index in [2.05, 4.69) is 58.9 Å². The molecular formula is C18H31NO. The number of rotatable bonds is 5. The summed E-state index contributed by atoms with van der Waals surface area (Å²) in [5.41, 5.74) is 7.67. The summed E-state index contributed by atoms with van der Waals surface area (Å²) in [4.78, 5) is 0. The minimum atomic E-state index is 0.0310. The number of ether oxygens (including phenoxy) is 1. The average Bonchev–Trinajstić information content (AvgIpc) is 2.26. The van der Waals surface area contributed by atoms with Gasteiger partial charge in [0, 0.05) is 6.04 Å². The van der Waals surface area contributed by atoms with E-state index in [0.717, 1.165) is 12.2 Å². The zero-order valence-corrected chi connectivity index (χ0v) is 14.2. The Morgan fingerprint density at radius 1 is 1.00 bits per heavy atom. The first kappa shape index (κ1) is 17.0. The van der Waals surface area contributed by atoms with Crippen LogP contribution < -0.4 is 10.5 Å². The Morgan fingerprint density at radius 2 is 1.50 bits per heavy atom. The summed E-state index contributed by atoms with van der Waals surface area (Å²) in [6.07, 6.45) is 1.18. The Balaban J connectivity index is 2.80. The van der Waals surface area contributed by atoms with E-state index in [0.29, 0.717) is 5.41 Å². The second-order valence-electron chi connectivity index (χ2n) is 7.83.